The van der Waals surface area contributed by atoms with Crippen LogP contribution in [0.2, 0.25) is 0 Å². The van der Waals surface area contributed by atoms with E-state index in [-0.39, 0.29) is 6.04 Å². The molecule has 1 atom stereocenters. The summed E-state index contributed by atoms with van der Waals surface area (Å²) in [6, 6.07) is 7.94. The molecule has 2 aromatic rings. The van der Waals surface area contributed by atoms with Crippen LogP contribution in [0.25, 0.3) is 0 Å². The molecule has 1 heterocycles. The van der Waals surface area contributed by atoms with Crippen molar-refractivity contribution in [2.45, 2.75) is 19.6 Å². The van der Waals surface area contributed by atoms with Crippen LogP contribution in [-0.4, -0.2) is 4.98 Å². The van der Waals surface area contributed by atoms with Crippen molar-refractivity contribution in [1.82, 2.24) is 4.98 Å². The summed E-state index contributed by atoms with van der Waals surface area (Å²) < 4.78 is 5.61. The molecule has 2 N–H and O–H groups in total. The summed E-state index contributed by atoms with van der Waals surface area (Å²) >= 11 is 1.59. The van der Waals surface area contributed by atoms with Gasteiger partial charge < -0.3 is 10.5 Å². The topological polar surface area (TPSA) is 48.1 Å². The van der Waals surface area contributed by atoms with Gasteiger partial charge in [0.05, 0.1) is 10.4 Å². The highest BCUT2D eigenvalue weighted by molar-refractivity contribution is 7.09. The molecule has 0 amide bonds. The quantitative estimate of drug-likeness (QED) is 0.884. The molecule has 3 nitrogen and oxygen atoms in total. The van der Waals surface area contributed by atoms with Crippen LogP contribution in [0.1, 0.15) is 23.4 Å². The fraction of sp³-hybridized carbons (Fsp3) is 0.250. The van der Waals surface area contributed by atoms with Gasteiger partial charge >= 0.3 is 0 Å². The lowest BCUT2D eigenvalue weighted by Gasteiger charge is -2.07. The van der Waals surface area contributed by atoms with Gasteiger partial charge in [-0.2, -0.15) is 0 Å². The molecule has 0 aliphatic heterocycles. The van der Waals surface area contributed by atoms with E-state index in [4.69, 9.17) is 10.5 Å². The lowest BCUT2D eigenvalue weighted by Crippen LogP contribution is -2.04. The van der Waals surface area contributed by atoms with E-state index in [0.29, 0.717) is 6.61 Å². The first-order valence-electron chi connectivity index (χ1n) is 5.11. The van der Waals surface area contributed by atoms with Gasteiger partial charge in [-0.25, -0.2) is 0 Å². The normalized spacial score (nSPS) is 12.4. The van der Waals surface area contributed by atoms with E-state index in [0.717, 1.165) is 16.2 Å². The Morgan fingerprint density at radius 2 is 2.12 bits per heavy atom. The van der Waals surface area contributed by atoms with Crippen molar-refractivity contribution in [3.8, 4) is 5.75 Å². The molecule has 0 aliphatic rings. The van der Waals surface area contributed by atoms with Crippen molar-refractivity contribution < 1.29 is 4.74 Å². The zero-order chi connectivity index (χ0) is 11.4. The van der Waals surface area contributed by atoms with E-state index in [9.17, 15) is 0 Å². The van der Waals surface area contributed by atoms with Gasteiger partial charge in [-0.15, -0.1) is 11.3 Å². The Morgan fingerprint density at radius 1 is 1.38 bits per heavy atom. The van der Waals surface area contributed by atoms with Crippen LogP contribution < -0.4 is 10.5 Å². The number of hydrogen-bond acceptors (Lipinski definition) is 4. The number of benzene rings is 1. The number of thiazole rings is 1. The van der Waals surface area contributed by atoms with Gasteiger partial charge in [0, 0.05) is 12.2 Å². The van der Waals surface area contributed by atoms with Crippen LogP contribution in [-0.2, 0) is 6.61 Å². The van der Waals surface area contributed by atoms with E-state index >= 15 is 0 Å². The Balaban J connectivity index is 1.95. The van der Waals surface area contributed by atoms with Crippen molar-refractivity contribution in [3.05, 3.63) is 46.4 Å². The highest BCUT2D eigenvalue weighted by Gasteiger charge is 2.00. The van der Waals surface area contributed by atoms with E-state index in [1.807, 2.05) is 37.4 Å². The summed E-state index contributed by atoms with van der Waals surface area (Å²) in [7, 11) is 0. The Morgan fingerprint density at radius 3 is 2.69 bits per heavy atom. The second-order valence-corrected chi connectivity index (χ2v) is 4.59. The first-order chi connectivity index (χ1) is 7.75. The van der Waals surface area contributed by atoms with Crippen LogP contribution in [0, 0.1) is 0 Å². The molecular weight excluding hydrogens is 220 g/mol. The monoisotopic (exact) mass is 234 g/mol. The molecule has 0 spiro atoms. The molecule has 0 fully saturated rings. The minimum absolute atomic E-state index is 0.0653. The van der Waals surface area contributed by atoms with Crippen molar-refractivity contribution in [3.63, 3.8) is 0 Å². The molecule has 0 saturated heterocycles. The highest BCUT2D eigenvalue weighted by atomic mass is 32.1. The largest absolute Gasteiger partial charge is 0.488 e. The molecule has 0 aliphatic carbocycles. The third kappa shape index (κ3) is 2.81. The van der Waals surface area contributed by atoms with Crippen LogP contribution in [0.3, 0.4) is 0 Å². The van der Waals surface area contributed by atoms with Gasteiger partial charge in [-0.3, -0.25) is 4.98 Å². The minimum atomic E-state index is 0.0653. The van der Waals surface area contributed by atoms with Crippen LogP contribution in [0.4, 0.5) is 0 Å². The van der Waals surface area contributed by atoms with Gasteiger partial charge in [0.1, 0.15) is 12.4 Å². The minimum Gasteiger partial charge on any atom is -0.488 e. The number of hydrogen-bond donors (Lipinski definition) is 1. The average Bonchev–Trinajstić information content (AvgIpc) is 2.80. The van der Waals surface area contributed by atoms with Gasteiger partial charge in [0.15, 0.2) is 0 Å². The Labute approximate surface area is 98.9 Å². The van der Waals surface area contributed by atoms with Crippen LogP contribution >= 0.6 is 11.3 Å². The fourth-order valence-electron chi connectivity index (χ4n) is 1.34. The number of nitrogens with zero attached hydrogens (tertiary/aromatic N) is 1. The van der Waals surface area contributed by atoms with Crippen molar-refractivity contribution in [1.29, 1.82) is 0 Å². The SMILES string of the molecule is CC(N)c1ccc(OCc2cncs2)cc1. The molecule has 0 radical (unpaired) electrons. The fourth-order valence-corrected chi connectivity index (χ4v) is 1.84. The van der Waals surface area contributed by atoms with Crippen molar-refractivity contribution in [2.75, 3.05) is 0 Å². The van der Waals surface area contributed by atoms with E-state index in [1.54, 1.807) is 16.8 Å². The maximum absolute atomic E-state index is 5.77. The van der Waals surface area contributed by atoms with Gasteiger partial charge in [-0.05, 0) is 24.6 Å². The Bertz CT molecular complexity index is 423. The lowest BCUT2D eigenvalue weighted by atomic mass is 10.1. The smallest absolute Gasteiger partial charge is 0.124 e. The lowest BCUT2D eigenvalue weighted by molar-refractivity contribution is 0.309. The molecule has 2 rings (SSSR count). The summed E-state index contributed by atoms with van der Waals surface area (Å²) in [5.41, 5.74) is 8.69. The number of ether oxygens (including phenoxy) is 1. The number of rotatable bonds is 4. The van der Waals surface area contributed by atoms with Gasteiger partial charge in [-0.1, -0.05) is 12.1 Å². The van der Waals surface area contributed by atoms with E-state index in [2.05, 4.69) is 4.98 Å². The zero-order valence-corrected chi connectivity index (χ0v) is 9.91. The van der Waals surface area contributed by atoms with Gasteiger partial charge in [0.25, 0.3) is 0 Å². The summed E-state index contributed by atoms with van der Waals surface area (Å²) in [5.74, 6) is 0.859. The van der Waals surface area contributed by atoms with Gasteiger partial charge in [0.2, 0.25) is 0 Å². The van der Waals surface area contributed by atoms with E-state index < -0.39 is 0 Å². The highest BCUT2D eigenvalue weighted by Crippen LogP contribution is 2.17. The molecule has 0 saturated carbocycles. The summed E-state index contributed by atoms with van der Waals surface area (Å²) in [4.78, 5) is 5.12. The first-order valence-corrected chi connectivity index (χ1v) is 5.99. The molecule has 4 heteroatoms. The van der Waals surface area contributed by atoms with Crippen LogP contribution in [0.15, 0.2) is 36.0 Å². The molecular formula is C12H14N2OS. The maximum atomic E-state index is 5.77. The van der Waals surface area contributed by atoms with Crippen molar-refractivity contribution >= 4 is 11.3 Å². The molecule has 16 heavy (non-hydrogen) atoms. The predicted octanol–water partition coefficient (Wildman–Crippen LogP) is 2.74. The maximum Gasteiger partial charge on any atom is 0.124 e. The van der Waals surface area contributed by atoms with Crippen molar-refractivity contribution in [2.24, 2.45) is 5.73 Å². The molecule has 1 unspecified atom stereocenters. The van der Waals surface area contributed by atoms with Crippen LogP contribution in [0.5, 0.6) is 5.75 Å². The third-order valence-electron chi connectivity index (χ3n) is 2.27. The second kappa shape index (κ2) is 5.09. The molecule has 1 aromatic carbocycles. The summed E-state index contributed by atoms with van der Waals surface area (Å²) in [6.07, 6.45) is 1.82. The average molecular weight is 234 g/mol. The zero-order valence-electron chi connectivity index (χ0n) is 9.09. The summed E-state index contributed by atoms with van der Waals surface area (Å²) in [5, 5.41) is 0. The summed E-state index contributed by atoms with van der Waals surface area (Å²) in [6.45, 7) is 2.54. The van der Waals surface area contributed by atoms with E-state index in [1.165, 1.54) is 0 Å². The number of aromatic nitrogens is 1. The molecule has 84 valence electrons. The molecule has 0 bridgehead atoms. The predicted molar refractivity (Wildman–Crippen MR) is 65.5 cm³/mol. The first kappa shape index (κ1) is 11.1. The molecule has 1 aromatic heterocycles. The second-order valence-electron chi connectivity index (χ2n) is 3.61. The Hall–Kier alpha value is -1.39. The Kier molecular flexibility index (Phi) is 3.54. The standard InChI is InChI=1S/C12H14N2OS/c1-9(13)10-2-4-11(5-3-10)15-7-12-6-14-8-16-12/h2-6,8-9H,7,13H2,1H3. The number of nitrogens with two attached hydrogens (primary N) is 1. The third-order valence-corrected chi connectivity index (χ3v) is 3.02.